The number of benzene rings is 1. The molecule has 1 aromatic rings. The van der Waals surface area contributed by atoms with Crippen LogP contribution in [0.25, 0.3) is 0 Å². The predicted molar refractivity (Wildman–Crippen MR) is 76.3 cm³/mol. The second-order valence-electron chi connectivity index (χ2n) is 5.43. The van der Waals surface area contributed by atoms with Crippen LogP contribution >= 0.6 is 0 Å². The highest BCUT2D eigenvalue weighted by Gasteiger charge is 2.09. The summed E-state index contributed by atoms with van der Waals surface area (Å²) in [6, 6.07) is 3.95. The number of hydrogen-bond donors (Lipinski definition) is 1. The molecule has 0 saturated heterocycles. The van der Waals surface area contributed by atoms with Gasteiger partial charge >= 0.3 is 5.97 Å². The summed E-state index contributed by atoms with van der Waals surface area (Å²) in [6.45, 7) is 6.24. The molecule has 0 aliphatic rings. The van der Waals surface area contributed by atoms with Gasteiger partial charge in [0.2, 0.25) is 0 Å². The van der Waals surface area contributed by atoms with Gasteiger partial charge in [0.15, 0.2) is 0 Å². The van der Waals surface area contributed by atoms with Crippen LogP contribution in [0.5, 0.6) is 5.75 Å². The smallest absolute Gasteiger partial charge is 0.305 e. The standard InChI is InChI=1S/C16H24O3/c1-11(2)5-7-14-10-13(6-8-15(17)19-4)9-12(3)16(14)18/h9-11,18H,5-8H2,1-4H3. The summed E-state index contributed by atoms with van der Waals surface area (Å²) in [7, 11) is 1.40. The number of methoxy groups -OCH3 is 1. The van der Waals surface area contributed by atoms with E-state index in [1.54, 1.807) is 0 Å². The SMILES string of the molecule is COC(=O)CCc1cc(C)c(O)c(CCC(C)C)c1. The van der Waals surface area contributed by atoms with Crippen LogP contribution in [0.3, 0.4) is 0 Å². The van der Waals surface area contributed by atoms with Crippen LogP contribution in [0.4, 0.5) is 0 Å². The molecule has 0 aliphatic heterocycles. The number of carbonyl (C=O) groups is 1. The highest BCUT2D eigenvalue weighted by molar-refractivity contribution is 5.69. The number of phenols is 1. The topological polar surface area (TPSA) is 46.5 Å². The van der Waals surface area contributed by atoms with Gasteiger partial charge in [-0.05, 0) is 48.8 Å². The molecule has 1 aromatic carbocycles. The summed E-state index contributed by atoms with van der Waals surface area (Å²) in [5.74, 6) is 0.801. The molecule has 1 rings (SSSR count). The largest absolute Gasteiger partial charge is 0.507 e. The molecule has 0 radical (unpaired) electrons. The summed E-state index contributed by atoms with van der Waals surface area (Å²) in [6.07, 6.45) is 2.96. The van der Waals surface area contributed by atoms with Crippen LogP contribution in [-0.2, 0) is 22.4 Å². The van der Waals surface area contributed by atoms with Crippen molar-refractivity contribution in [2.45, 2.75) is 46.5 Å². The van der Waals surface area contributed by atoms with E-state index in [0.29, 0.717) is 24.5 Å². The van der Waals surface area contributed by atoms with Crippen LogP contribution in [-0.4, -0.2) is 18.2 Å². The monoisotopic (exact) mass is 264 g/mol. The minimum Gasteiger partial charge on any atom is -0.507 e. The Kier molecular flexibility index (Phi) is 5.87. The summed E-state index contributed by atoms with van der Waals surface area (Å²) in [5, 5.41) is 10.1. The van der Waals surface area contributed by atoms with E-state index in [-0.39, 0.29) is 5.97 Å². The van der Waals surface area contributed by atoms with Crippen LogP contribution in [0.15, 0.2) is 12.1 Å². The molecular weight excluding hydrogens is 240 g/mol. The fourth-order valence-corrected chi connectivity index (χ4v) is 2.06. The Morgan fingerprint density at radius 2 is 2.00 bits per heavy atom. The number of aromatic hydroxyl groups is 1. The number of rotatable bonds is 6. The maximum absolute atomic E-state index is 11.2. The summed E-state index contributed by atoms with van der Waals surface area (Å²) < 4.78 is 4.65. The molecule has 0 amide bonds. The van der Waals surface area contributed by atoms with Crippen LogP contribution in [0.2, 0.25) is 0 Å². The van der Waals surface area contributed by atoms with Crippen molar-refractivity contribution in [1.29, 1.82) is 0 Å². The van der Waals surface area contributed by atoms with E-state index in [2.05, 4.69) is 18.6 Å². The molecule has 0 aromatic heterocycles. The number of phenolic OH excluding ortho intramolecular Hbond substituents is 1. The first-order valence-corrected chi connectivity index (χ1v) is 6.82. The highest BCUT2D eigenvalue weighted by atomic mass is 16.5. The van der Waals surface area contributed by atoms with Crippen LogP contribution < -0.4 is 0 Å². The van der Waals surface area contributed by atoms with Crippen molar-refractivity contribution >= 4 is 5.97 Å². The summed E-state index contributed by atoms with van der Waals surface area (Å²) in [5.41, 5.74) is 2.94. The zero-order valence-corrected chi connectivity index (χ0v) is 12.3. The van der Waals surface area contributed by atoms with E-state index in [1.165, 1.54) is 7.11 Å². The fraction of sp³-hybridized carbons (Fsp3) is 0.562. The molecule has 19 heavy (non-hydrogen) atoms. The van der Waals surface area contributed by atoms with Crippen LogP contribution in [0, 0.1) is 12.8 Å². The third-order valence-electron chi connectivity index (χ3n) is 3.28. The molecule has 106 valence electrons. The molecule has 0 fully saturated rings. The molecule has 0 aliphatic carbocycles. The number of esters is 1. The van der Waals surface area contributed by atoms with Crippen molar-refractivity contribution in [1.82, 2.24) is 0 Å². The normalized spacial score (nSPS) is 10.8. The zero-order chi connectivity index (χ0) is 14.4. The molecule has 3 nitrogen and oxygen atoms in total. The van der Waals surface area contributed by atoms with Gasteiger partial charge in [0.05, 0.1) is 7.11 Å². The van der Waals surface area contributed by atoms with Crippen LogP contribution in [0.1, 0.15) is 43.4 Å². The molecule has 0 unspecified atom stereocenters. The van der Waals surface area contributed by atoms with Gasteiger partial charge < -0.3 is 9.84 Å². The Morgan fingerprint density at radius 3 is 2.58 bits per heavy atom. The number of ether oxygens (including phenoxy) is 1. The van der Waals surface area contributed by atoms with E-state index in [9.17, 15) is 9.90 Å². The fourth-order valence-electron chi connectivity index (χ4n) is 2.06. The quantitative estimate of drug-likeness (QED) is 0.801. The van der Waals surface area contributed by atoms with E-state index >= 15 is 0 Å². The third kappa shape index (κ3) is 4.93. The van der Waals surface area contributed by atoms with Gasteiger partial charge in [-0.2, -0.15) is 0 Å². The molecule has 0 saturated carbocycles. The Balaban J connectivity index is 2.80. The van der Waals surface area contributed by atoms with E-state index in [0.717, 1.165) is 29.5 Å². The summed E-state index contributed by atoms with van der Waals surface area (Å²) in [4.78, 5) is 11.2. The molecule has 0 bridgehead atoms. The van der Waals surface area contributed by atoms with Crippen molar-refractivity contribution in [2.75, 3.05) is 7.11 Å². The van der Waals surface area contributed by atoms with Gasteiger partial charge in [-0.3, -0.25) is 4.79 Å². The number of hydrogen-bond acceptors (Lipinski definition) is 3. The minimum atomic E-state index is -0.200. The van der Waals surface area contributed by atoms with Gasteiger partial charge in [-0.15, -0.1) is 0 Å². The maximum atomic E-state index is 11.2. The van der Waals surface area contributed by atoms with Crippen molar-refractivity contribution in [2.24, 2.45) is 5.92 Å². The van der Waals surface area contributed by atoms with Crippen molar-refractivity contribution in [3.8, 4) is 5.75 Å². The highest BCUT2D eigenvalue weighted by Crippen LogP contribution is 2.26. The lowest BCUT2D eigenvalue weighted by Crippen LogP contribution is -2.03. The van der Waals surface area contributed by atoms with Gasteiger partial charge in [-0.25, -0.2) is 0 Å². The average molecular weight is 264 g/mol. The lowest BCUT2D eigenvalue weighted by Gasteiger charge is -2.12. The lowest BCUT2D eigenvalue weighted by atomic mass is 9.96. The Morgan fingerprint density at radius 1 is 1.32 bits per heavy atom. The second-order valence-corrected chi connectivity index (χ2v) is 5.43. The molecular formula is C16H24O3. The number of carbonyl (C=O) groups excluding carboxylic acids is 1. The average Bonchev–Trinajstić information content (AvgIpc) is 2.37. The second kappa shape index (κ2) is 7.17. The molecule has 1 N–H and O–H groups in total. The molecule has 0 heterocycles. The Labute approximate surface area is 115 Å². The first-order chi connectivity index (χ1) is 8.93. The predicted octanol–water partition coefficient (Wildman–Crippen LogP) is 3.39. The number of aryl methyl sites for hydroxylation is 3. The minimum absolute atomic E-state index is 0.200. The summed E-state index contributed by atoms with van der Waals surface area (Å²) >= 11 is 0. The Hall–Kier alpha value is -1.51. The Bertz CT molecular complexity index is 436. The molecule has 0 spiro atoms. The molecule has 0 atom stereocenters. The van der Waals surface area contributed by atoms with E-state index in [4.69, 9.17) is 0 Å². The lowest BCUT2D eigenvalue weighted by molar-refractivity contribution is -0.140. The van der Waals surface area contributed by atoms with Gasteiger partial charge in [0.1, 0.15) is 5.75 Å². The van der Waals surface area contributed by atoms with Gasteiger partial charge in [-0.1, -0.05) is 26.0 Å². The van der Waals surface area contributed by atoms with Gasteiger partial charge in [0, 0.05) is 6.42 Å². The molecule has 3 heteroatoms. The maximum Gasteiger partial charge on any atom is 0.305 e. The van der Waals surface area contributed by atoms with Crippen molar-refractivity contribution < 1.29 is 14.6 Å². The van der Waals surface area contributed by atoms with E-state index < -0.39 is 0 Å². The van der Waals surface area contributed by atoms with Crippen molar-refractivity contribution in [3.05, 3.63) is 28.8 Å². The first kappa shape index (κ1) is 15.5. The van der Waals surface area contributed by atoms with Crippen molar-refractivity contribution in [3.63, 3.8) is 0 Å². The zero-order valence-electron chi connectivity index (χ0n) is 12.3. The third-order valence-corrected chi connectivity index (χ3v) is 3.28. The van der Waals surface area contributed by atoms with E-state index in [1.807, 2.05) is 19.1 Å². The van der Waals surface area contributed by atoms with Gasteiger partial charge in [0.25, 0.3) is 0 Å². The first-order valence-electron chi connectivity index (χ1n) is 6.82.